The number of rotatable bonds is 7. The Kier molecular flexibility index (Phi) is 6.95. The van der Waals surface area contributed by atoms with Gasteiger partial charge >= 0.3 is 5.97 Å². The molecule has 4 rings (SSSR count). The van der Waals surface area contributed by atoms with Crippen molar-refractivity contribution in [3.8, 4) is 6.07 Å². The number of carbonyl (C=O) groups is 2. The molecule has 0 saturated carbocycles. The van der Waals surface area contributed by atoms with Gasteiger partial charge in [-0.05, 0) is 56.2 Å². The third-order valence-corrected chi connectivity index (χ3v) is 7.56. The summed E-state index contributed by atoms with van der Waals surface area (Å²) in [6.45, 7) is -0.340. The maximum Gasteiger partial charge on any atom is 0.306 e. The van der Waals surface area contributed by atoms with Crippen molar-refractivity contribution in [2.24, 2.45) is 0 Å². The zero-order chi connectivity index (χ0) is 21.6. The van der Waals surface area contributed by atoms with Gasteiger partial charge in [-0.3, -0.25) is 9.59 Å². The van der Waals surface area contributed by atoms with E-state index in [4.69, 9.17) is 4.74 Å². The summed E-state index contributed by atoms with van der Waals surface area (Å²) in [6, 6.07) is 10.2. The van der Waals surface area contributed by atoms with E-state index in [2.05, 4.69) is 16.4 Å². The number of benzene rings is 1. The molecule has 0 aliphatic heterocycles. The lowest BCUT2D eigenvalue weighted by Crippen LogP contribution is -2.20. The normalized spacial score (nSPS) is 13.3. The second kappa shape index (κ2) is 10.0. The summed E-state index contributed by atoms with van der Waals surface area (Å²) in [4.78, 5) is 30.0. The third-order valence-electron chi connectivity index (χ3n) is 5.26. The van der Waals surface area contributed by atoms with Gasteiger partial charge in [-0.25, -0.2) is 4.98 Å². The molecular formula is C23H23N3O3S2. The lowest BCUT2D eigenvalue weighted by molar-refractivity contribution is -0.147. The lowest BCUT2D eigenvalue weighted by Gasteiger charge is -2.06. The number of ether oxygens (including phenoxy) is 1. The Balaban J connectivity index is 1.23. The summed E-state index contributed by atoms with van der Waals surface area (Å²) in [7, 11) is 0. The fourth-order valence-electron chi connectivity index (χ4n) is 3.74. The molecule has 3 aromatic rings. The van der Waals surface area contributed by atoms with Crippen molar-refractivity contribution in [3.63, 3.8) is 0 Å². The van der Waals surface area contributed by atoms with Gasteiger partial charge in [0.05, 0.1) is 20.8 Å². The monoisotopic (exact) mass is 453 g/mol. The number of amides is 1. The summed E-state index contributed by atoms with van der Waals surface area (Å²) in [5.74, 6) is -0.814. The number of para-hydroxylation sites is 1. The number of carbonyl (C=O) groups excluding carboxylic acids is 2. The number of hydrogen-bond acceptors (Lipinski definition) is 7. The average molecular weight is 454 g/mol. The number of hydrogen-bond donors (Lipinski definition) is 1. The SMILES string of the molecule is N#Cc1c(NC(=O)COC(=O)CCCc2nc3ccccc3s2)sc2c1CCCCC2. The Labute approximate surface area is 188 Å². The van der Waals surface area contributed by atoms with Gasteiger partial charge < -0.3 is 10.1 Å². The first-order valence-electron chi connectivity index (χ1n) is 10.5. The predicted octanol–water partition coefficient (Wildman–Crippen LogP) is 5.00. The molecule has 1 N–H and O–H groups in total. The number of aromatic nitrogens is 1. The highest BCUT2D eigenvalue weighted by molar-refractivity contribution is 7.18. The van der Waals surface area contributed by atoms with Crippen LogP contribution in [0.4, 0.5) is 5.00 Å². The smallest absolute Gasteiger partial charge is 0.306 e. The van der Waals surface area contributed by atoms with Crippen LogP contribution in [0, 0.1) is 11.3 Å². The lowest BCUT2D eigenvalue weighted by atomic mass is 10.1. The van der Waals surface area contributed by atoms with Gasteiger partial charge in [0, 0.05) is 11.3 Å². The molecule has 0 radical (unpaired) electrons. The maximum absolute atomic E-state index is 12.3. The molecule has 2 aromatic heterocycles. The van der Waals surface area contributed by atoms with Crippen LogP contribution in [-0.2, 0) is 33.6 Å². The summed E-state index contributed by atoms with van der Waals surface area (Å²) in [5, 5.41) is 13.9. The van der Waals surface area contributed by atoms with E-state index >= 15 is 0 Å². The van der Waals surface area contributed by atoms with Gasteiger partial charge in [0.2, 0.25) is 0 Å². The number of nitrogens with one attached hydrogen (secondary N) is 1. The van der Waals surface area contributed by atoms with Gasteiger partial charge in [-0.2, -0.15) is 5.26 Å². The van der Waals surface area contributed by atoms with E-state index in [0.29, 0.717) is 23.4 Å². The van der Waals surface area contributed by atoms with E-state index < -0.39 is 11.9 Å². The van der Waals surface area contributed by atoms with Crippen LogP contribution in [0.15, 0.2) is 24.3 Å². The molecule has 31 heavy (non-hydrogen) atoms. The minimum absolute atomic E-state index is 0.236. The summed E-state index contributed by atoms with van der Waals surface area (Å²) < 4.78 is 6.26. The summed E-state index contributed by atoms with van der Waals surface area (Å²) in [5.41, 5.74) is 2.62. The molecule has 0 unspecified atom stereocenters. The number of thiophene rings is 1. The van der Waals surface area contributed by atoms with Crippen molar-refractivity contribution in [1.29, 1.82) is 5.26 Å². The van der Waals surface area contributed by atoms with E-state index in [1.54, 1.807) is 11.3 Å². The standard InChI is InChI=1S/C23H23N3O3S2/c24-13-16-15-7-2-1-3-9-18(15)31-23(16)26-20(27)14-29-22(28)12-6-11-21-25-17-8-4-5-10-19(17)30-21/h4-5,8,10H,1-3,6-7,9,11-12,14H2,(H,26,27). The Morgan fingerprint density at radius 3 is 2.84 bits per heavy atom. The molecule has 0 fully saturated rings. The largest absolute Gasteiger partial charge is 0.456 e. The molecule has 0 saturated heterocycles. The number of nitriles is 1. The highest BCUT2D eigenvalue weighted by atomic mass is 32.1. The van der Waals surface area contributed by atoms with E-state index in [1.165, 1.54) is 22.6 Å². The number of anilines is 1. The van der Waals surface area contributed by atoms with E-state index in [1.807, 2.05) is 24.3 Å². The minimum Gasteiger partial charge on any atom is -0.456 e. The summed E-state index contributed by atoms with van der Waals surface area (Å²) in [6.07, 6.45) is 6.75. The molecule has 1 aromatic carbocycles. The molecule has 0 atom stereocenters. The molecule has 6 nitrogen and oxygen atoms in total. The zero-order valence-electron chi connectivity index (χ0n) is 17.1. The number of fused-ring (bicyclic) bond motifs is 2. The first-order valence-corrected chi connectivity index (χ1v) is 12.1. The topological polar surface area (TPSA) is 92.1 Å². The van der Waals surface area contributed by atoms with Crippen molar-refractivity contribution in [3.05, 3.63) is 45.3 Å². The van der Waals surface area contributed by atoms with Gasteiger partial charge in [0.1, 0.15) is 11.1 Å². The van der Waals surface area contributed by atoms with Crippen LogP contribution >= 0.6 is 22.7 Å². The van der Waals surface area contributed by atoms with E-state index in [-0.39, 0.29) is 13.0 Å². The van der Waals surface area contributed by atoms with E-state index in [9.17, 15) is 14.9 Å². The Morgan fingerprint density at radius 1 is 1.16 bits per heavy atom. The molecule has 0 bridgehead atoms. The van der Waals surface area contributed by atoms with E-state index in [0.717, 1.165) is 46.5 Å². The molecule has 0 spiro atoms. The highest BCUT2D eigenvalue weighted by Gasteiger charge is 2.21. The zero-order valence-corrected chi connectivity index (χ0v) is 18.7. The molecule has 8 heteroatoms. The molecule has 2 heterocycles. The molecule has 1 amide bonds. The number of esters is 1. The van der Waals surface area contributed by atoms with Gasteiger partial charge in [0.25, 0.3) is 5.91 Å². The van der Waals surface area contributed by atoms with Crippen LogP contribution in [0.5, 0.6) is 0 Å². The number of aryl methyl sites for hydroxylation is 2. The Bertz CT molecular complexity index is 1110. The van der Waals surface area contributed by atoms with Crippen molar-refractivity contribution in [2.45, 2.75) is 51.4 Å². The van der Waals surface area contributed by atoms with Crippen LogP contribution in [0.3, 0.4) is 0 Å². The second-order valence-corrected chi connectivity index (χ2v) is 9.74. The van der Waals surface area contributed by atoms with Gasteiger partial charge in [0.15, 0.2) is 6.61 Å². The minimum atomic E-state index is -0.410. The van der Waals surface area contributed by atoms with Crippen molar-refractivity contribution < 1.29 is 14.3 Å². The fourth-order valence-corrected chi connectivity index (χ4v) is 6.01. The average Bonchev–Trinajstić information content (AvgIpc) is 3.24. The Morgan fingerprint density at radius 2 is 2.00 bits per heavy atom. The van der Waals surface area contributed by atoms with Gasteiger partial charge in [-0.15, -0.1) is 22.7 Å². The van der Waals surface area contributed by atoms with Crippen LogP contribution in [0.2, 0.25) is 0 Å². The van der Waals surface area contributed by atoms with Crippen molar-refractivity contribution >= 4 is 49.8 Å². The van der Waals surface area contributed by atoms with Crippen LogP contribution in [-0.4, -0.2) is 23.5 Å². The highest BCUT2D eigenvalue weighted by Crippen LogP contribution is 2.36. The molecule has 160 valence electrons. The first kappa shape index (κ1) is 21.5. The van der Waals surface area contributed by atoms with Crippen molar-refractivity contribution in [2.75, 3.05) is 11.9 Å². The maximum atomic E-state index is 12.3. The van der Waals surface area contributed by atoms with Crippen LogP contribution < -0.4 is 5.32 Å². The fraction of sp³-hybridized carbons (Fsp3) is 0.391. The van der Waals surface area contributed by atoms with Gasteiger partial charge in [-0.1, -0.05) is 18.6 Å². The second-order valence-electron chi connectivity index (χ2n) is 7.52. The number of nitrogens with zero attached hydrogens (tertiary/aromatic N) is 2. The number of thiazole rings is 1. The van der Waals surface area contributed by atoms with Crippen LogP contribution in [0.25, 0.3) is 10.2 Å². The van der Waals surface area contributed by atoms with Crippen LogP contribution in [0.1, 0.15) is 53.1 Å². The molecule has 1 aliphatic rings. The quantitative estimate of drug-likeness (QED) is 0.401. The van der Waals surface area contributed by atoms with Crippen molar-refractivity contribution in [1.82, 2.24) is 4.98 Å². The Hall–Kier alpha value is -2.76. The summed E-state index contributed by atoms with van der Waals surface area (Å²) >= 11 is 3.11. The predicted molar refractivity (Wildman–Crippen MR) is 122 cm³/mol. The molecule has 1 aliphatic carbocycles. The first-order chi connectivity index (χ1) is 15.1. The molecular weight excluding hydrogens is 430 g/mol. The third kappa shape index (κ3) is 5.30.